The van der Waals surface area contributed by atoms with E-state index in [9.17, 15) is 14.7 Å². The first-order valence-electron chi connectivity index (χ1n) is 16.2. The number of ether oxygens (including phenoxy) is 1. The molecule has 244 valence electrons. The molecule has 2 aliphatic heterocycles. The molecule has 0 bridgehead atoms. The average molecular weight is 630 g/mol. The van der Waals surface area contributed by atoms with Crippen molar-refractivity contribution in [3.8, 4) is 22.8 Å². The molecule has 1 saturated carbocycles. The summed E-state index contributed by atoms with van der Waals surface area (Å²) in [7, 11) is 0. The summed E-state index contributed by atoms with van der Waals surface area (Å²) in [4.78, 5) is 29.9. The Hall–Kier alpha value is -3.89. The normalized spacial score (nSPS) is 19.8. The highest BCUT2D eigenvalue weighted by Gasteiger charge is 2.53. The quantitative estimate of drug-likeness (QED) is 0.304. The minimum Gasteiger partial charge on any atom is -0.457 e. The first-order chi connectivity index (χ1) is 21.8. The van der Waals surface area contributed by atoms with Crippen LogP contribution in [0, 0.1) is 17.2 Å². The molecule has 0 unspecified atom stereocenters. The number of benzene rings is 2. The Morgan fingerprint density at radius 2 is 1.85 bits per heavy atom. The van der Waals surface area contributed by atoms with Gasteiger partial charge in [-0.3, -0.25) is 14.5 Å². The standard InChI is InChI=1S/C36H44FN5O4/c1-22(2)30-10-11-31(40-39-30)24-6-8-27(9-7-24)46-32-14-28(29(37)13-25(32)18-42-17-23(3)12-33(42)43)34(44)38-26-15-36(16-26)20-41(21-36)19-35(4,5)45/h6-11,13-14,22-23,26,45H,12,15-21H2,1-5H3,(H,38,44)/t23-/m0/s1. The summed E-state index contributed by atoms with van der Waals surface area (Å²) in [5.74, 6) is 0.249. The fraction of sp³-hybridized carbons (Fsp3) is 0.500. The van der Waals surface area contributed by atoms with Gasteiger partial charge in [-0.2, -0.15) is 10.2 Å². The third-order valence-corrected chi connectivity index (χ3v) is 9.24. The number of amides is 2. The van der Waals surface area contributed by atoms with E-state index in [0.717, 1.165) is 42.9 Å². The largest absolute Gasteiger partial charge is 0.457 e. The van der Waals surface area contributed by atoms with Crippen LogP contribution in [-0.4, -0.2) is 74.7 Å². The summed E-state index contributed by atoms with van der Waals surface area (Å²) in [6.45, 7) is 13.0. The summed E-state index contributed by atoms with van der Waals surface area (Å²) in [6, 6.07) is 14.0. The molecule has 10 heteroatoms. The Morgan fingerprint density at radius 1 is 1.13 bits per heavy atom. The average Bonchev–Trinajstić information content (AvgIpc) is 3.27. The van der Waals surface area contributed by atoms with Crippen molar-refractivity contribution in [2.24, 2.45) is 11.3 Å². The third kappa shape index (κ3) is 7.08. The SMILES string of the molecule is CC(C)c1ccc(-c2ccc(Oc3cc(C(=O)NC4CC5(C4)CN(CC(C)(C)O)C5)c(F)cc3CN3C[C@@H](C)CC3=O)cc2)nn1. The molecule has 3 aromatic rings. The van der Waals surface area contributed by atoms with Gasteiger partial charge in [0.05, 0.1) is 22.6 Å². The fourth-order valence-corrected chi connectivity index (χ4v) is 7.11. The smallest absolute Gasteiger partial charge is 0.254 e. The highest BCUT2D eigenvalue weighted by molar-refractivity contribution is 5.95. The third-order valence-electron chi connectivity index (χ3n) is 9.24. The van der Waals surface area contributed by atoms with Crippen molar-refractivity contribution in [3.05, 3.63) is 71.2 Å². The predicted octanol–water partition coefficient (Wildman–Crippen LogP) is 5.53. The zero-order chi connectivity index (χ0) is 32.8. The van der Waals surface area contributed by atoms with Crippen LogP contribution in [-0.2, 0) is 11.3 Å². The molecular weight excluding hydrogens is 585 g/mol. The van der Waals surface area contributed by atoms with Gasteiger partial charge >= 0.3 is 0 Å². The number of aromatic nitrogens is 2. The van der Waals surface area contributed by atoms with E-state index in [4.69, 9.17) is 4.74 Å². The number of carbonyl (C=O) groups excluding carboxylic acids is 2. The second-order valence-electron chi connectivity index (χ2n) is 14.7. The Kier molecular flexibility index (Phi) is 8.63. The Bertz CT molecular complexity index is 1590. The molecule has 3 heterocycles. The van der Waals surface area contributed by atoms with Crippen LogP contribution in [0.4, 0.5) is 4.39 Å². The molecule has 2 saturated heterocycles. The lowest BCUT2D eigenvalue weighted by molar-refractivity contribution is -0.128. The number of likely N-dealkylation sites (tertiary alicyclic amines) is 2. The van der Waals surface area contributed by atoms with Crippen LogP contribution in [0.1, 0.15) is 81.4 Å². The first-order valence-corrected chi connectivity index (χ1v) is 16.2. The fourth-order valence-electron chi connectivity index (χ4n) is 7.11. The molecule has 46 heavy (non-hydrogen) atoms. The molecule has 1 aromatic heterocycles. The van der Waals surface area contributed by atoms with Crippen molar-refractivity contribution in [2.75, 3.05) is 26.2 Å². The van der Waals surface area contributed by atoms with Crippen molar-refractivity contribution in [3.63, 3.8) is 0 Å². The minimum absolute atomic E-state index is 0.0191. The highest BCUT2D eigenvalue weighted by Crippen LogP contribution is 2.48. The van der Waals surface area contributed by atoms with E-state index in [1.54, 1.807) is 30.9 Å². The van der Waals surface area contributed by atoms with E-state index in [1.165, 1.54) is 12.1 Å². The lowest BCUT2D eigenvalue weighted by Crippen LogP contribution is -2.67. The first kappa shape index (κ1) is 32.1. The van der Waals surface area contributed by atoms with Gasteiger partial charge in [0.2, 0.25) is 5.91 Å². The molecule has 9 nitrogen and oxygen atoms in total. The van der Waals surface area contributed by atoms with Gasteiger partial charge in [-0.15, -0.1) is 0 Å². The number of hydrogen-bond acceptors (Lipinski definition) is 7. The summed E-state index contributed by atoms with van der Waals surface area (Å²) in [5.41, 5.74) is 2.37. The zero-order valence-electron chi connectivity index (χ0n) is 27.3. The predicted molar refractivity (Wildman–Crippen MR) is 173 cm³/mol. The molecule has 3 fully saturated rings. The second kappa shape index (κ2) is 12.4. The highest BCUT2D eigenvalue weighted by atomic mass is 19.1. The molecule has 1 atom stereocenters. The van der Waals surface area contributed by atoms with Gasteiger partial charge in [-0.1, -0.05) is 20.8 Å². The summed E-state index contributed by atoms with van der Waals surface area (Å²) >= 11 is 0. The molecule has 1 aliphatic carbocycles. The number of rotatable bonds is 10. The van der Waals surface area contributed by atoms with Crippen molar-refractivity contribution in [1.82, 2.24) is 25.3 Å². The van der Waals surface area contributed by atoms with E-state index < -0.39 is 17.3 Å². The van der Waals surface area contributed by atoms with E-state index in [1.807, 2.05) is 31.2 Å². The van der Waals surface area contributed by atoms with Gasteiger partial charge in [0, 0.05) is 56.3 Å². The number of nitrogens with zero attached hydrogens (tertiary/aromatic N) is 4. The summed E-state index contributed by atoms with van der Waals surface area (Å²) < 4.78 is 21.8. The van der Waals surface area contributed by atoms with Crippen molar-refractivity contribution >= 4 is 11.8 Å². The van der Waals surface area contributed by atoms with Crippen molar-refractivity contribution in [1.29, 1.82) is 0 Å². The van der Waals surface area contributed by atoms with Gasteiger partial charge in [0.1, 0.15) is 17.3 Å². The number of β-amino-alcohol motifs (C(OH)–C–C–N with tert-alkyl or cyclic N) is 1. The minimum atomic E-state index is -0.737. The maximum Gasteiger partial charge on any atom is 0.254 e. The van der Waals surface area contributed by atoms with Crippen LogP contribution in [0.5, 0.6) is 11.5 Å². The molecule has 6 rings (SSSR count). The zero-order valence-corrected chi connectivity index (χ0v) is 27.3. The summed E-state index contributed by atoms with van der Waals surface area (Å²) in [5, 5.41) is 21.8. The Morgan fingerprint density at radius 3 is 2.43 bits per heavy atom. The van der Waals surface area contributed by atoms with E-state index in [2.05, 4.69) is 34.3 Å². The number of hydrogen-bond donors (Lipinski definition) is 2. The van der Waals surface area contributed by atoms with Crippen molar-refractivity contribution in [2.45, 2.75) is 78.0 Å². The summed E-state index contributed by atoms with van der Waals surface area (Å²) in [6.07, 6.45) is 2.12. The van der Waals surface area contributed by atoms with E-state index in [0.29, 0.717) is 36.6 Å². The van der Waals surface area contributed by atoms with Crippen LogP contribution in [0.3, 0.4) is 0 Å². The number of aliphatic hydroxyl groups is 1. The topological polar surface area (TPSA) is 108 Å². The Balaban J connectivity index is 1.17. The molecule has 3 aliphatic rings. The second-order valence-corrected chi connectivity index (χ2v) is 14.7. The number of halogens is 1. The van der Waals surface area contributed by atoms with Crippen LogP contribution < -0.4 is 10.1 Å². The number of carbonyl (C=O) groups is 2. The molecule has 0 radical (unpaired) electrons. The molecule has 2 aromatic carbocycles. The molecule has 2 amide bonds. The molecular formula is C36H44FN5O4. The van der Waals surface area contributed by atoms with Gasteiger partial charge < -0.3 is 20.1 Å². The van der Waals surface area contributed by atoms with Crippen LogP contribution >= 0.6 is 0 Å². The van der Waals surface area contributed by atoms with E-state index >= 15 is 4.39 Å². The van der Waals surface area contributed by atoms with Crippen LogP contribution in [0.25, 0.3) is 11.3 Å². The monoisotopic (exact) mass is 629 g/mol. The van der Waals surface area contributed by atoms with Gasteiger partial charge in [0.15, 0.2) is 0 Å². The number of nitrogens with one attached hydrogen (secondary N) is 1. The lowest BCUT2D eigenvalue weighted by atomic mass is 9.60. The van der Waals surface area contributed by atoms with E-state index in [-0.39, 0.29) is 41.3 Å². The van der Waals surface area contributed by atoms with Crippen LogP contribution in [0.2, 0.25) is 0 Å². The maximum absolute atomic E-state index is 15.5. The van der Waals surface area contributed by atoms with Crippen LogP contribution in [0.15, 0.2) is 48.5 Å². The van der Waals surface area contributed by atoms with Gasteiger partial charge in [-0.25, -0.2) is 4.39 Å². The molecule has 1 spiro atoms. The van der Waals surface area contributed by atoms with Gasteiger partial charge in [-0.05, 0) is 92.5 Å². The van der Waals surface area contributed by atoms with Crippen molar-refractivity contribution < 1.29 is 23.8 Å². The maximum atomic E-state index is 15.5. The van der Waals surface area contributed by atoms with Gasteiger partial charge in [0.25, 0.3) is 5.91 Å². The Labute approximate surface area is 270 Å². The molecule has 2 N–H and O–H groups in total. The lowest BCUT2D eigenvalue weighted by Gasteiger charge is -2.60.